The van der Waals surface area contributed by atoms with Gasteiger partial charge < -0.3 is 33.9 Å². The van der Waals surface area contributed by atoms with Crippen molar-refractivity contribution in [2.45, 2.75) is 29.6 Å². The molecular weight excluding hydrogens is 850 g/mol. The monoisotopic (exact) mass is 874 g/mol. The van der Waals surface area contributed by atoms with E-state index >= 15 is 0 Å². The maximum atomic E-state index is 13.5. The number of nitrogens with zero attached hydrogens (tertiary/aromatic N) is 2. The molecule has 4 rings (SSSR count). The molecule has 2 heterocycles. The number of amides is 2. The minimum absolute atomic E-state index is 0. The van der Waals surface area contributed by atoms with Gasteiger partial charge in [0.15, 0.2) is 11.1 Å². The second kappa shape index (κ2) is 21.2. The first-order chi connectivity index (χ1) is 24.2. The fourth-order valence-electron chi connectivity index (χ4n) is 4.96. The van der Waals surface area contributed by atoms with Crippen molar-refractivity contribution in [1.82, 2.24) is 4.57 Å². The van der Waals surface area contributed by atoms with Crippen molar-refractivity contribution in [3.8, 4) is 17.3 Å². The number of aromatic nitrogens is 1. The van der Waals surface area contributed by atoms with Crippen LogP contribution in [0, 0.1) is 0 Å². The molecule has 55 heavy (non-hydrogen) atoms. The smallest absolute Gasteiger partial charge is 0.859 e. The Balaban J connectivity index is 0.00000504. The molecule has 1 aromatic heterocycles. The summed E-state index contributed by atoms with van der Waals surface area (Å²) in [7, 11) is -8.32. The van der Waals surface area contributed by atoms with Gasteiger partial charge in [-0.15, -0.1) is 0 Å². The Hall–Kier alpha value is -1.18. The zero-order valence-electron chi connectivity index (χ0n) is 30.0. The van der Waals surface area contributed by atoms with Crippen LogP contribution in [0.4, 0.5) is 5.69 Å². The van der Waals surface area contributed by atoms with Crippen molar-refractivity contribution in [2.75, 3.05) is 19.1 Å². The first kappa shape index (κ1) is 51.8. The van der Waals surface area contributed by atoms with Crippen LogP contribution in [0.2, 0.25) is 0 Å². The van der Waals surface area contributed by atoms with Crippen molar-refractivity contribution in [1.29, 1.82) is 0 Å². The summed E-state index contributed by atoms with van der Waals surface area (Å²) in [5.41, 5.74) is -5.15. The molecule has 0 saturated carbocycles. The Morgan fingerprint density at radius 2 is 1.33 bits per heavy atom. The first-order valence-electron chi connectivity index (χ1n) is 14.4. The van der Waals surface area contributed by atoms with Gasteiger partial charge in [-0.3, -0.25) is 19.0 Å². The van der Waals surface area contributed by atoms with Crippen LogP contribution in [-0.2, 0) is 50.5 Å². The summed E-state index contributed by atoms with van der Waals surface area (Å²) in [6.07, 6.45) is 1.59. The number of allylic oxidation sites excluding steroid dienone is 3. The van der Waals surface area contributed by atoms with E-state index in [4.69, 9.17) is 0 Å². The van der Waals surface area contributed by atoms with Crippen molar-refractivity contribution < 1.29 is 224 Å². The Kier molecular flexibility index (Phi) is 20.0. The molecule has 1 aliphatic heterocycles. The minimum atomic E-state index is -5.05. The molecule has 0 saturated heterocycles. The number of pyridine rings is 1. The third-order valence-corrected chi connectivity index (χ3v) is 9.22. The number of imide groups is 1. The molecule has 0 atom stereocenters. The molecule has 23 heteroatoms. The van der Waals surface area contributed by atoms with E-state index in [1.165, 1.54) is 13.0 Å². The standard InChI is InChI=1S/C32H28N2O16S2.3K/c1-16(10-12-21-25(35)23(31(41)49-2)29(39)33(27(21)37)17-6-4-8-19(14-17)51(43,44)45)11-13-22-26(36)24(32(42)50-3)30(40)34(28(22)38)18-7-5-9-20(15-18)52(46,47)48;;;/h4-10,12,14-15,35-36,38H,11,13H2,1-3H3,(H,43,44,45)(H,46,47,48);;;/q;3*+1/p-3/b16-10?,21-12-;;;. The number of hydrogen-bond donors (Lipinski definition) is 2. The van der Waals surface area contributed by atoms with Crippen LogP contribution >= 0.6 is 0 Å². The van der Waals surface area contributed by atoms with Crippen LogP contribution in [0.5, 0.6) is 11.6 Å². The Morgan fingerprint density at radius 3 is 1.84 bits per heavy atom. The van der Waals surface area contributed by atoms with Crippen molar-refractivity contribution >= 4 is 49.7 Å². The minimum Gasteiger partial charge on any atom is -0.859 e. The molecule has 0 spiro atoms. The fraction of sp³-hybridized carbons (Fsp3) is 0.156. The molecule has 18 nitrogen and oxygen atoms in total. The number of aromatic hydroxyl groups is 1. The summed E-state index contributed by atoms with van der Waals surface area (Å²) < 4.78 is 79.0. The number of hydrogen-bond acceptors (Lipinski definition) is 16. The number of anilines is 1. The maximum Gasteiger partial charge on any atom is 1.00 e. The van der Waals surface area contributed by atoms with E-state index < -0.39 is 117 Å². The van der Waals surface area contributed by atoms with Gasteiger partial charge in [-0.25, -0.2) is 31.3 Å². The summed E-state index contributed by atoms with van der Waals surface area (Å²) in [5.74, 6) is -8.71. The van der Waals surface area contributed by atoms with E-state index in [0.29, 0.717) is 15.5 Å². The molecule has 2 amide bonds. The number of rotatable bonds is 10. The van der Waals surface area contributed by atoms with Crippen molar-refractivity contribution in [3.05, 3.63) is 105 Å². The molecule has 0 fully saturated rings. The Morgan fingerprint density at radius 1 is 0.818 bits per heavy atom. The van der Waals surface area contributed by atoms with Crippen LogP contribution in [0.25, 0.3) is 5.69 Å². The second-order valence-corrected chi connectivity index (χ2v) is 13.6. The number of carbonyl (C=O) groups is 4. The van der Waals surface area contributed by atoms with Crippen molar-refractivity contribution in [3.63, 3.8) is 0 Å². The van der Waals surface area contributed by atoms with Crippen LogP contribution < -0.4 is 170 Å². The van der Waals surface area contributed by atoms with Crippen LogP contribution in [0.3, 0.4) is 0 Å². The number of carbonyl (C=O) groups excluding carboxylic acids is 4. The zero-order chi connectivity index (χ0) is 38.9. The predicted octanol–water partition coefficient (Wildman–Crippen LogP) is -8.41. The average molecular weight is 875 g/mol. The van der Waals surface area contributed by atoms with E-state index in [0.717, 1.165) is 62.8 Å². The SMILES string of the molecule is COC(=O)C1=C(O)/C(=C/C=C(C)CCc2c(O)c(C(=O)OC)c(=O)n(-c3cccc(S(=O)(=O)[O-])c3)c2[O-])C(=O)N(c2cccc(S(=O)(=O)[O-])c2)C1=O.[K+].[K+].[K+]. The van der Waals surface area contributed by atoms with Crippen LogP contribution in [-0.4, -0.2) is 78.7 Å². The third kappa shape index (κ3) is 11.5. The van der Waals surface area contributed by atoms with Gasteiger partial charge in [0.25, 0.3) is 17.4 Å². The molecule has 0 radical (unpaired) electrons. The second-order valence-electron chi connectivity index (χ2n) is 10.8. The van der Waals surface area contributed by atoms with Crippen LogP contribution in [0.1, 0.15) is 29.3 Å². The quantitative estimate of drug-likeness (QED) is 0.0478. The van der Waals surface area contributed by atoms with E-state index in [1.54, 1.807) is 0 Å². The van der Waals surface area contributed by atoms with Crippen molar-refractivity contribution in [2.24, 2.45) is 0 Å². The summed E-state index contributed by atoms with van der Waals surface area (Å²) in [5, 5.41) is 35.2. The van der Waals surface area contributed by atoms with Gasteiger partial charge in [0.2, 0.25) is 0 Å². The predicted molar refractivity (Wildman–Crippen MR) is 171 cm³/mol. The molecule has 3 aromatic rings. The number of aliphatic hydroxyl groups is 1. The number of ether oxygens (including phenoxy) is 2. The van der Waals surface area contributed by atoms with Gasteiger partial charge >= 0.3 is 166 Å². The summed E-state index contributed by atoms with van der Waals surface area (Å²) in [6, 6.07) is 7.55. The van der Waals surface area contributed by atoms with E-state index in [1.807, 2.05) is 0 Å². The molecule has 2 aromatic carbocycles. The van der Waals surface area contributed by atoms with Crippen LogP contribution in [0.15, 0.2) is 97.7 Å². The molecule has 274 valence electrons. The maximum absolute atomic E-state index is 13.5. The number of esters is 2. The number of aliphatic hydroxyl groups excluding tert-OH is 1. The largest absolute Gasteiger partial charge is 1.00 e. The average Bonchev–Trinajstić information content (AvgIpc) is 3.07. The van der Waals surface area contributed by atoms with Gasteiger partial charge in [-0.1, -0.05) is 23.8 Å². The van der Waals surface area contributed by atoms with Gasteiger partial charge in [0, 0.05) is 11.3 Å². The van der Waals surface area contributed by atoms with Gasteiger partial charge in [0.1, 0.15) is 31.7 Å². The van der Waals surface area contributed by atoms with Gasteiger partial charge in [-0.2, -0.15) is 0 Å². The third-order valence-electron chi connectivity index (χ3n) is 7.56. The molecule has 0 unspecified atom stereocenters. The van der Waals surface area contributed by atoms with Gasteiger partial charge in [-0.05, 0) is 68.1 Å². The van der Waals surface area contributed by atoms with Gasteiger partial charge in [0.05, 0.1) is 35.3 Å². The summed E-state index contributed by atoms with van der Waals surface area (Å²) in [4.78, 5) is 63.6. The first-order valence-corrected chi connectivity index (χ1v) is 17.2. The Labute approximate surface area is 441 Å². The molecular formula is C32H25K3N2O16S2. The fourth-order valence-corrected chi connectivity index (χ4v) is 5.98. The van der Waals surface area contributed by atoms with E-state index in [2.05, 4.69) is 9.47 Å². The number of methoxy groups -OCH3 is 2. The van der Waals surface area contributed by atoms with E-state index in [-0.39, 0.29) is 166 Å². The molecule has 0 aliphatic carbocycles. The normalized spacial score (nSPS) is 14.1. The van der Waals surface area contributed by atoms with E-state index in [9.17, 15) is 65.2 Å². The molecule has 1 aliphatic rings. The topological polar surface area (TPSA) is 290 Å². The summed E-state index contributed by atoms with van der Waals surface area (Å²) >= 11 is 0. The molecule has 2 N–H and O–H groups in total. The molecule has 0 bridgehead atoms. The zero-order valence-corrected chi connectivity index (χ0v) is 41.0. The summed E-state index contributed by atoms with van der Waals surface area (Å²) in [6.45, 7) is 1.44. The Bertz CT molecular complexity index is 2440. The number of benzene rings is 2.